The van der Waals surface area contributed by atoms with Gasteiger partial charge in [0.05, 0.1) is 18.9 Å². The van der Waals surface area contributed by atoms with E-state index >= 15 is 0 Å². The van der Waals surface area contributed by atoms with Crippen molar-refractivity contribution in [3.8, 4) is 0 Å². The van der Waals surface area contributed by atoms with Crippen LogP contribution in [0.5, 0.6) is 0 Å². The van der Waals surface area contributed by atoms with E-state index in [0.717, 1.165) is 37.6 Å². The highest BCUT2D eigenvalue weighted by atomic mass is 16.5. The molecule has 5 heteroatoms. The smallest absolute Gasteiger partial charge is 0.126 e. The van der Waals surface area contributed by atoms with Gasteiger partial charge < -0.3 is 19.7 Å². The van der Waals surface area contributed by atoms with Gasteiger partial charge in [-0.1, -0.05) is 36.4 Å². The quantitative estimate of drug-likeness (QED) is 0.789. The third kappa shape index (κ3) is 4.41. The van der Waals surface area contributed by atoms with Crippen LogP contribution in [0.2, 0.25) is 0 Å². The van der Waals surface area contributed by atoms with Gasteiger partial charge in [0, 0.05) is 32.2 Å². The van der Waals surface area contributed by atoms with Crippen LogP contribution in [0.4, 0.5) is 5.82 Å². The molecule has 1 N–H and O–H groups in total. The second-order valence-corrected chi connectivity index (χ2v) is 7.28. The standard InChI is InChI=1S/C21H29N3O2/c1-24(2)14-19-18(21(15-25-3)11-12-26-16-21)9-10-20(23-19)22-13-17-7-5-4-6-8-17/h4-10H,11-16H2,1-3H3,(H,22,23). The van der Waals surface area contributed by atoms with Crippen LogP contribution >= 0.6 is 0 Å². The lowest BCUT2D eigenvalue weighted by Gasteiger charge is -2.30. The first-order valence-corrected chi connectivity index (χ1v) is 9.12. The predicted octanol–water partition coefficient (Wildman–Crippen LogP) is 3.06. The summed E-state index contributed by atoms with van der Waals surface area (Å²) in [6.07, 6.45) is 0.972. The summed E-state index contributed by atoms with van der Waals surface area (Å²) < 4.78 is 11.3. The van der Waals surface area contributed by atoms with Gasteiger partial charge in [-0.3, -0.25) is 0 Å². The Labute approximate surface area is 156 Å². The number of nitrogens with zero attached hydrogens (tertiary/aromatic N) is 2. The van der Waals surface area contributed by atoms with Gasteiger partial charge in [-0.25, -0.2) is 4.98 Å². The zero-order valence-corrected chi connectivity index (χ0v) is 16.0. The van der Waals surface area contributed by atoms with Crippen molar-refractivity contribution in [2.24, 2.45) is 0 Å². The highest BCUT2D eigenvalue weighted by Gasteiger charge is 2.39. The molecule has 0 amide bonds. The van der Waals surface area contributed by atoms with Crippen LogP contribution in [0.15, 0.2) is 42.5 Å². The van der Waals surface area contributed by atoms with Crippen molar-refractivity contribution < 1.29 is 9.47 Å². The first-order chi connectivity index (χ1) is 12.6. The average Bonchev–Trinajstić information content (AvgIpc) is 3.10. The molecule has 1 saturated heterocycles. The number of hydrogen-bond donors (Lipinski definition) is 1. The van der Waals surface area contributed by atoms with Crippen LogP contribution < -0.4 is 5.32 Å². The van der Waals surface area contributed by atoms with E-state index in [4.69, 9.17) is 14.5 Å². The Morgan fingerprint density at radius 1 is 1.19 bits per heavy atom. The van der Waals surface area contributed by atoms with Gasteiger partial charge in [-0.15, -0.1) is 0 Å². The number of hydrogen-bond acceptors (Lipinski definition) is 5. The molecule has 1 aliphatic rings. The molecule has 0 aliphatic carbocycles. The summed E-state index contributed by atoms with van der Waals surface area (Å²) in [5, 5.41) is 3.44. The molecule has 1 aliphatic heterocycles. The van der Waals surface area contributed by atoms with E-state index in [1.165, 1.54) is 11.1 Å². The summed E-state index contributed by atoms with van der Waals surface area (Å²) in [5.74, 6) is 0.904. The summed E-state index contributed by atoms with van der Waals surface area (Å²) in [4.78, 5) is 7.09. The first kappa shape index (κ1) is 18.8. The molecule has 1 aromatic carbocycles. The molecule has 1 atom stereocenters. The summed E-state index contributed by atoms with van der Waals surface area (Å²) in [6, 6.07) is 14.7. The topological polar surface area (TPSA) is 46.6 Å². The molecule has 1 fully saturated rings. The van der Waals surface area contributed by atoms with Crippen molar-refractivity contribution in [2.45, 2.75) is 24.9 Å². The number of methoxy groups -OCH3 is 1. The number of ether oxygens (including phenoxy) is 2. The van der Waals surface area contributed by atoms with Crippen LogP contribution in [0.3, 0.4) is 0 Å². The van der Waals surface area contributed by atoms with Crippen LogP contribution in [-0.4, -0.2) is 50.9 Å². The second-order valence-electron chi connectivity index (χ2n) is 7.28. The van der Waals surface area contributed by atoms with E-state index in [2.05, 4.69) is 60.7 Å². The lowest BCUT2D eigenvalue weighted by Crippen LogP contribution is -2.34. The van der Waals surface area contributed by atoms with Crippen LogP contribution in [0.1, 0.15) is 23.2 Å². The fourth-order valence-corrected chi connectivity index (χ4v) is 3.58. The van der Waals surface area contributed by atoms with Crippen LogP contribution in [0.25, 0.3) is 0 Å². The van der Waals surface area contributed by atoms with E-state index in [0.29, 0.717) is 13.2 Å². The Kier molecular flexibility index (Phi) is 6.25. The van der Waals surface area contributed by atoms with Crippen molar-refractivity contribution in [2.75, 3.05) is 46.3 Å². The maximum atomic E-state index is 5.73. The van der Waals surface area contributed by atoms with E-state index < -0.39 is 0 Å². The Hall–Kier alpha value is -1.95. The third-order valence-corrected chi connectivity index (χ3v) is 4.85. The molecule has 1 unspecified atom stereocenters. The van der Waals surface area contributed by atoms with Gasteiger partial charge >= 0.3 is 0 Å². The number of pyridine rings is 1. The fourth-order valence-electron chi connectivity index (χ4n) is 3.58. The number of anilines is 1. The van der Waals surface area contributed by atoms with E-state index in [1.807, 2.05) is 6.07 Å². The molecule has 0 radical (unpaired) electrons. The molecule has 26 heavy (non-hydrogen) atoms. The summed E-state index contributed by atoms with van der Waals surface area (Å²) in [5.41, 5.74) is 3.49. The normalized spacial score (nSPS) is 19.8. The Morgan fingerprint density at radius 3 is 2.65 bits per heavy atom. The van der Waals surface area contributed by atoms with Gasteiger partial charge in [-0.05, 0) is 37.7 Å². The van der Waals surface area contributed by atoms with Crippen LogP contribution in [-0.2, 0) is 28.0 Å². The maximum Gasteiger partial charge on any atom is 0.126 e. The minimum absolute atomic E-state index is 0.0922. The molecular weight excluding hydrogens is 326 g/mol. The predicted molar refractivity (Wildman–Crippen MR) is 104 cm³/mol. The SMILES string of the molecule is COCC1(c2ccc(NCc3ccccc3)nc2CN(C)C)CCOC1. The molecule has 0 saturated carbocycles. The third-order valence-electron chi connectivity index (χ3n) is 4.85. The molecule has 2 heterocycles. The molecule has 0 bridgehead atoms. The number of rotatable bonds is 8. The summed E-state index contributed by atoms with van der Waals surface area (Å²) >= 11 is 0. The Morgan fingerprint density at radius 2 is 2.00 bits per heavy atom. The largest absolute Gasteiger partial charge is 0.384 e. The van der Waals surface area contributed by atoms with Gasteiger partial charge in [-0.2, -0.15) is 0 Å². The van der Waals surface area contributed by atoms with Crippen molar-refractivity contribution in [1.82, 2.24) is 9.88 Å². The van der Waals surface area contributed by atoms with Crippen molar-refractivity contribution in [3.63, 3.8) is 0 Å². The first-order valence-electron chi connectivity index (χ1n) is 9.12. The number of benzene rings is 1. The lowest BCUT2D eigenvalue weighted by atomic mass is 9.79. The molecule has 1 aromatic heterocycles. The molecular formula is C21H29N3O2. The number of nitrogens with one attached hydrogen (secondary N) is 1. The van der Waals surface area contributed by atoms with E-state index in [1.54, 1.807) is 7.11 Å². The zero-order chi connectivity index (χ0) is 18.4. The summed E-state index contributed by atoms with van der Waals surface area (Å²) in [7, 11) is 5.91. The second kappa shape index (κ2) is 8.62. The highest BCUT2D eigenvalue weighted by Crippen LogP contribution is 2.36. The summed E-state index contributed by atoms with van der Waals surface area (Å²) in [6.45, 7) is 3.69. The van der Waals surface area contributed by atoms with Gasteiger partial charge in [0.15, 0.2) is 0 Å². The maximum absolute atomic E-state index is 5.73. The minimum Gasteiger partial charge on any atom is -0.384 e. The average molecular weight is 355 g/mol. The minimum atomic E-state index is -0.0922. The van der Waals surface area contributed by atoms with Crippen molar-refractivity contribution >= 4 is 5.82 Å². The molecule has 0 spiro atoms. The molecule has 140 valence electrons. The highest BCUT2D eigenvalue weighted by molar-refractivity contribution is 5.43. The molecule has 5 nitrogen and oxygen atoms in total. The fraction of sp³-hybridized carbons (Fsp3) is 0.476. The van der Waals surface area contributed by atoms with Crippen molar-refractivity contribution in [1.29, 1.82) is 0 Å². The van der Waals surface area contributed by atoms with Crippen molar-refractivity contribution in [3.05, 3.63) is 59.3 Å². The Bertz CT molecular complexity index is 698. The monoisotopic (exact) mass is 355 g/mol. The molecule has 3 rings (SSSR count). The van der Waals surface area contributed by atoms with Gasteiger partial charge in [0.1, 0.15) is 5.82 Å². The van der Waals surface area contributed by atoms with Gasteiger partial charge in [0.25, 0.3) is 0 Å². The van der Waals surface area contributed by atoms with Gasteiger partial charge in [0.2, 0.25) is 0 Å². The zero-order valence-electron chi connectivity index (χ0n) is 16.0. The number of aromatic nitrogens is 1. The Balaban J connectivity index is 1.85. The van der Waals surface area contributed by atoms with E-state index in [9.17, 15) is 0 Å². The lowest BCUT2D eigenvalue weighted by molar-refractivity contribution is 0.106. The van der Waals surface area contributed by atoms with Crippen LogP contribution in [0, 0.1) is 0 Å². The molecule has 2 aromatic rings. The van der Waals surface area contributed by atoms with E-state index in [-0.39, 0.29) is 5.41 Å².